The Hall–Kier alpha value is -3.78. The van der Waals surface area contributed by atoms with Crippen LogP contribution in [0.25, 0.3) is 10.9 Å². The summed E-state index contributed by atoms with van der Waals surface area (Å²) in [7, 11) is 0. The fraction of sp³-hybridized carbons (Fsp3) is 0.304. The van der Waals surface area contributed by atoms with Crippen LogP contribution in [0.1, 0.15) is 44.5 Å². The van der Waals surface area contributed by atoms with E-state index in [0.29, 0.717) is 22.3 Å². The highest BCUT2D eigenvalue weighted by Gasteiger charge is 2.23. The van der Waals surface area contributed by atoms with Crippen molar-refractivity contribution < 1.29 is 14.4 Å². The zero-order valence-electron chi connectivity index (χ0n) is 18.8. The lowest BCUT2D eigenvalue weighted by atomic mass is 10.1. The van der Waals surface area contributed by atoms with Gasteiger partial charge < -0.3 is 9.47 Å². The molecule has 0 aliphatic heterocycles. The third kappa shape index (κ3) is 5.23. The first kappa shape index (κ1) is 24.9. The summed E-state index contributed by atoms with van der Waals surface area (Å²) >= 11 is 3.37. The Morgan fingerprint density at radius 1 is 1.32 bits per heavy atom. The van der Waals surface area contributed by atoms with Crippen LogP contribution < -0.4 is 15.0 Å². The zero-order chi connectivity index (χ0) is 24.8. The molecule has 3 rings (SSSR count). The van der Waals surface area contributed by atoms with Crippen molar-refractivity contribution >= 4 is 38.7 Å². The molecule has 0 fully saturated rings. The van der Waals surface area contributed by atoms with Crippen molar-refractivity contribution in [2.75, 3.05) is 13.2 Å². The Labute approximate surface area is 203 Å². The predicted molar refractivity (Wildman–Crippen MR) is 131 cm³/mol. The molecule has 3 aromatic rings. The fourth-order valence-electron chi connectivity index (χ4n) is 3.23. The van der Waals surface area contributed by atoms with Crippen LogP contribution in [0.15, 0.2) is 44.7 Å². The topological polar surface area (TPSA) is 133 Å². The second kappa shape index (κ2) is 10.9. The molecule has 1 heterocycles. The number of nitriles is 1. The van der Waals surface area contributed by atoms with Crippen molar-refractivity contribution in [3.05, 3.63) is 66.7 Å². The van der Waals surface area contributed by atoms with E-state index in [4.69, 9.17) is 14.7 Å². The van der Waals surface area contributed by atoms with Crippen LogP contribution >= 0.6 is 15.9 Å². The van der Waals surface area contributed by atoms with Gasteiger partial charge in [-0.2, -0.15) is 15.0 Å². The van der Waals surface area contributed by atoms with Gasteiger partial charge in [-0.1, -0.05) is 29.8 Å². The van der Waals surface area contributed by atoms with Crippen LogP contribution in [-0.2, 0) is 0 Å². The smallest absolute Gasteiger partial charge is 0.315 e. The van der Waals surface area contributed by atoms with Crippen LogP contribution in [0, 0.1) is 21.4 Å². The fourth-order valence-corrected chi connectivity index (χ4v) is 3.60. The largest absolute Gasteiger partial charge is 0.490 e. The van der Waals surface area contributed by atoms with Crippen LogP contribution in [0.5, 0.6) is 11.5 Å². The van der Waals surface area contributed by atoms with Gasteiger partial charge in [0.1, 0.15) is 11.9 Å². The van der Waals surface area contributed by atoms with Crippen molar-refractivity contribution in [3.8, 4) is 17.6 Å². The Morgan fingerprint density at radius 2 is 2.09 bits per heavy atom. The first-order valence-corrected chi connectivity index (χ1v) is 11.3. The first-order valence-electron chi connectivity index (χ1n) is 10.5. The van der Waals surface area contributed by atoms with Crippen molar-refractivity contribution in [2.45, 2.75) is 33.1 Å². The van der Waals surface area contributed by atoms with Crippen molar-refractivity contribution in [1.82, 2.24) is 9.66 Å². The third-order valence-corrected chi connectivity index (χ3v) is 5.54. The van der Waals surface area contributed by atoms with Crippen molar-refractivity contribution in [1.29, 1.82) is 5.26 Å². The summed E-state index contributed by atoms with van der Waals surface area (Å²) in [6.07, 6.45) is 2.07. The van der Waals surface area contributed by atoms with Gasteiger partial charge in [-0.05, 0) is 37.6 Å². The number of aromatic nitrogens is 2. The molecule has 176 valence electrons. The van der Waals surface area contributed by atoms with E-state index in [9.17, 15) is 14.9 Å². The highest BCUT2D eigenvalue weighted by molar-refractivity contribution is 9.10. The van der Waals surface area contributed by atoms with E-state index < -0.39 is 4.92 Å². The SMILES string of the molecule is CCOc1cc(C=Nn2c([C@@H](C)CC)nc3ccc(Br)cc3c2=O)cc([N+](=O)[O-])c1OCC#N. The Balaban J connectivity index is 2.19. The third-order valence-electron chi connectivity index (χ3n) is 5.04. The molecule has 0 radical (unpaired) electrons. The molecular weight excluding hydrogens is 506 g/mol. The minimum Gasteiger partial charge on any atom is -0.490 e. The summed E-state index contributed by atoms with van der Waals surface area (Å²) in [5.41, 5.74) is 0.142. The lowest BCUT2D eigenvalue weighted by Gasteiger charge is -2.14. The lowest BCUT2D eigenvalue weighted by Crippen LogP contribution is -2.23. The van der Waals surface area contributed by atoms with Gasteiger partial charge in [0.15, 0.2) is 12.4 Å². The van der Waals surface area contributed by atoms with Crippen LogP contribution in [-0.4, -0.2) is 34.0 Å². The molecule has 1 aromatic heterocycles. The van der Waals surface area contributed by atoms with E-state index in [2.05, 4.69) is 26.0 Å². The van der Waals surface area contributed by atoms with Crippen LogP contribution in [0.4, 0.5) is 5.69 Å². The molecule has 10 nitrogen and oxygen atoms in total. The average Bonchev–Trinajstić information content (AvgIpc) is 2.82. The number of halogens is 1. The minimum absolute atomic E-state index is 0.0621. The molecule has 0 amide bonds. The Morgan fingerprint density at radius 3 is 2.74 bits per heavy atom. The van der Waals surface area contributed by atoms with Crippen LogP contribution in [0.2, 0.25) is 0 Å². The standard InChI is InChI=1S/C23H22BrN5O5/c1-4-14(3)22-27-18-7-6-16(24)12-17(18)23(30)28(22)26-13-15-10-19(29(31)32)21(34-9-8-25)20(11-15)33-5-2/h6-7,10-14H,4-5,9H2,1-3H3/t14-/m0/s1. The second-order valence-electron chi connectivity index (χ2n) is 7.31. The predicted octanol–water partition coefficient (Wildman–Crippen LogP) is 4.76. The maximum Gasteiger partial charge on any atom is 0.315 e. The highest BCUT2D eigenvalue weighted by atomic mass is 79.9. The van der Waals surface area contributed by atoms with E-state index in [1.54, 1.807) is 25.1 Å². The van der Waals surface area contributed by atoms with Gasteiger partial charge in [0.05, 0.1) is 28.6 Å². The van der Waals surface area contributed by atoms with Gasteiger partial charge >= 0.3 is 5.69 Å². The van der Waals surface area contributed by atoms with Gasteiger partial charge in [0, 0.05) is 22.0 Å². The van der Waals surface area contributed by atoms with E-state index in [1.807, 2.05) is 19.9 Å². The molecule has 1 atom stereocenters. The van der Waals surface area contributed by atoms with Gasteiger partial charge in [-0.3, -0.25) is 14.9 Å². The normalized spacial score (nSPS) is 12.0. The van der Waals surface area contributed by atoms with E-state index in [-0.39, 0.29) is 41.9 Å². The minimum atomic E-state index is -0.627. The summed E-state index contributed by atoms with van der Waals surface area (Å²) in [4.78, 5) is 28.9. The number of rotatable bonds is 9. The number of ether oxygens (including phenoxy) is 2. The summed E-state index contributed by atoms with van der Waals surface area (Å²) in [6, 6.07) is 9.79. The van der Waals surface area contributed by atoms with E-state index in [1.165, 1.54) is 23.0 Å². The molecule has 0 saturated carbocycles. The van der Waals surface area contributed by atoms with E-state index >= 15 is 0 Å². The Bertz CT molecular complexity index is 1360. The molecule has 0 aliphatic rings. The first-order chi connectivity index (χ1) is 16.3. The number of nitro benzene ring substituents is 1. The van der Waals surface area contributed by atoms with Gasteiger partial charge in [0.2, 0.25) is 5.75 Å². The average molecular weight is 528 g/mol. The second-order valence-corrected chi connectivity index (χ2v) is 8.22. The van der Waals surface area contributed by atoms with Crippen LogP contribution in [0.3, 0.4) is 0 Å². The van der Waals surface area contributed by atoms with Crippen molar-refractivity contribution in [2.24, 2.45) is 5.10 Å². The highest BCUT2D eigenvalue weighted by Crippen LogP contribution is 2.38. The molecule has 0 N–H and O–H groups in total. The van der Waals surface area contributed by atoms with Gasteiger partial charge in [-0.25, -0.2) is 4.98 Å². The number of benzene rings is 2. The molecule has 0 unspecified atom stereocenters. The zero-order valence-corrected chi connectivity index (χ0v) is 20.4. The van der Waals surface area contributed by atoms with Gasteiger partial charge in [-0.15, -0.1) is 0 Å². The monoisotopic (exact) mass is 527 g/mol. The molecule has 0 aliphatic carbocycles. The maximum absolute atomic E-state index is 13.3. The number of hydrogen-bond donors (Lipinski definition) is 0. The molecule has 2 aromatic carbocycles. The summed E-state index contributed by atoms with van der Waals surface area (Å²) in [5, 5.41) is 25.2. The number of hydrogen-bond acceptors (Lipinski definition) is 8. The molecule has 11 heteroatoms. The lowest BCUT2D eigenvalue weighted by molar-refractivity contribution is -0.385. The quantitative estimate of drug-likeness (QED) is 0.222. The van der Waals surface area contributed by atoms with E-state index in [0.717, 1.165) is 10.9 Å². The number of fused-ring (bicyclic) bond motifs is 1. The molecule has 34 heavy (non-hydrogen) atoms. The molecule has 0 bridgehead atoms. The summed E-state index contributed by atoms with van der Waals surface area (Å²) < 4.78 is 12.7. The molecular formula is C23H22BrN5O5. The van der Waals surface area contributed by atoms with Crippen molar-refractivity contribution in [3.63, 3.8) is 0 Å². The Kier molecular flexibility index (Phi) is 7.96. The number of nitro groups is 1. The molecule has 0 saturated heterocycles. The summed E-state index contributed by atoms with van der Waals surface area (Å²) in [6.45, 7) is 5.49. The maximum atomic E-state index is 13.3. The molecule has 0 spiro atoms. The number of nitrogens with zero attached hydrogens (tertiary/aromatic N) is 5. The van der Waals surface area contributed by atoms with Gasteiger partial charge in [0.25, 0.3) is 5.56 Å². The summed E-state index contributed by atoms with van der Waals surface area (Å²) in [5.74, 6) is 0.378.